The molecule has 12 heavy (non-hydrogen) atoms. The van der Waals surface area contributed by atoms with Crippen LogP contribution in [-0.2, 0) is 4.79 Å². The zero-order chi connectivity index (χ0) is 9.78. The largest absolute Gasteiger partial charge is 0.405 e. The van der Waals surface area contributed by atoms with E-state index >= 15 is 0 Å². The Bertz CT molecular complexity index is 159. The Kier molecular flexibility index (Phi) is 4.44. The van der Waals surface area contributed by atoms with Gasteiger partial charge in [-0.2, -0.15) is 24.9 Å². The van der Waals surface area contributed by atoms with Gasteiger partial charge in [0.1, 0.15) is 6.54 Å². The average molecular weight is 201 g/mol. The summed E-state index contributed by atoms with van der Waals surface area (Å²) >= 11 is 1.20. The fourth-order valence-electron chi connectivity index (χ4n) is 0.438. The van der Waals surface area contributed by atoms with Crippen LogP contribution in [0.15, 0.2) is 0 Å². The molecule has 1 unspecified atom stereocenters. The van der Waals surface area contributed by atoms with E-state index in [2.05, 4.69) is 0 Å². The number of rotatable bonds is 3. The molecule has 0 bridgehead atoms. The third-order valence-electron chi connectivity index (χ3n) is 1.19. The Morgan fingerprint density at radius 2 is 2.08 bits per heavy atom. The summed E-state index contributed by atoms with van der Waals surface area (Å²) in [6.07, 6.45) is -2.66. The number of thioether (sulfide) groups is 1. The molecular formula is C6H10F3NOS. The van der Waals surface area contributed by atoms with Crippen LogP contribution in [0.4, 0.5) is 13.2 Å². The van der Waals surface area contributed by atoms with Crippen molar-refractivity contribution in [3.8, 4) is 0 Å². The Balaban J connectivity index is 3.72. The molecule has 72 valence electrons. The highest BCUT2D eigenvalue weighted by Crippen LogP contribution is 2.13. The minimum atomic E-state index is -4.33. The highest BCUT2D eigenvalue weighted by atomic mass is 32.2. The number of carbonyl (C=O) groups excluding carboxylic acids is 1. The first kappa shape index (κ1) is 11.6. The van der Waals surface area contributed by atoms with Gasteiger partial charge >= 0.3 is 6.18 Å². The molecule has 1 N–H and O–H groups in total. The van der Waals surface area contributed by atoms with Gasteiger partial charge in [-0.05, 0) is 13.2 Å². The molecule has 0 aromatic rings. The second kappa shape index (κ2) is 4.59. The average Bonchev–Trinajstić information content (AvgIpc) is 1.97. The minimum absolute atomic E-state index is 0.438. The van der Waals surface area contributed by atoms with Crippen molar-refractivity contribution in [2.75, 3.05) is 12.8 Å². The van der Waals surface area contributed by atoms with Gasteiger partial charge in [0.25, 0.3) is 0 Å². The van der Waals surface area contributed by atoms with Gasteiger partial charge in [-0.3, -0.25) is 4.79 Å². The Hall–Kier alpha value is -0.390. The Labute approximate surface area is 72.9 Å². The van der Waals surface area contributed by atoms with Crippen LogP contribution in [0, 0.1) is 0 Å². The molecule has 0 fully saturated rings. The van der Waals surface area contributed by atoms with Crippen molar-refractivity contribution in [2.24, 2.45) is 0 Å². The van der Waals surface area contributed by atoms with Gasteiger partial charge in [-0.15, -0.1) is 0 Å². The quantitative estimate of drug-likeness (QED) is 0.748. The van der Waals surface area contributed by atoms with Crippen molar-refractivity contribution >= 4 is 17.7 Å². The third kappa shape index (κ3) is 5.29. The van der Waals surface area contributed by atoms with E-state index in [0.717, 1.165) is 0 Å². The van der Waals surface area contributed by atoms with Crippen LogP contribution in [-0.4, -0.2) is 30.1 Å². The molecule has 0 aliphatic heterocycles. The highest BCUT2D eigenvalue weighted by molar-refractivity contribution is 7.99. The predicted octanol–water partition coefficient (Wildman–Crippen LogP) is 1.42. The lowest BCUT2D eigenvalue weighted by molar-refractivity contribution is -0.137. The lowest BCUT2D eigenvalue weighted by Gasteiger charge is -2.11. The first-order valence-corrected chi connectivity index (χ1v) is 4.53. The molecule has 2 nitrogen and oxygen atoms in total. The van der Waals surface area contributed by atoms with Gasteiger partial charge in [0.05, 0.1) is 5.25 Å². The zero-order valence-corrected chi connectivity index (χ0v) is 7.55. The van der Waals surface area contributed by atoms with Crippen LogP contribution < -0.4 is 5.32 Å². The molecule has 0 radical (unpaired) electrons. The molecule has 1 atom stereocenters. The van der Waals surface area contributed by atoms with Crippen molar-refractivity contribution in [2.45, 2.75) is 18.3 Å². The molecule has 0 saturated heterocycles. The van der Waals surface area contributed by atoms with E-state index in [-0.39, 0.29) is 0 Å². The van der Waals surface area contributed by atoms with Crippen LogP contribution in [0.2, 0.25) is 0 Å². The van der Waals surface area contributed by atoms with E-state index in [1.54, 1.807) is 18.5 Å². The second-order valence-electron chi connectivity index (χ2n) is 2.21. The van der Waals surface area contributed by atoms with E-state index in [1.165, 1.54) is 11.8 Å². The monoisotopic (exact) mass is 201 g/mol. The molecule has 6 heteroatoms. The zero-order valence-electron chi connectivity index (χ0n) is 6.73. The maximum Gasteiger partial charge on any atom is 0.405 e. The van der Waals surface area contributed by atoms with Crippen LogP contribution in [0.3, 0.4) is 0 Å². The predicted molar refractivity (Wildman–Crippen MR) is 42.0 cm³/mol. The lowest BCUT2D eigenvalue weighted by Crippen LogP contribution is -2.37. The second-order valence-corrected chi connectivity index (χ2v) is 3.39. The molecule has 0 spiro atoms. The van der Waals surface area contributed by atoms with Gasteiger partial charge in [0, 0.05) is 0 Å². The van der Waals surface area contributed by atoms with E-state index in [1.807, 2.05) is 0 Å². The van der Waals surface area contributed by atoms with Gasteiger partial charge in [0.2, 0.25) is 5.91 Å². The van der Waals surface area contributed by atoms with E-state index < -0.39 is 23.9 Å². The summed E-state index contributed by atoms with van der Waals surface area (Å²) in [6, 6.07) is 0. The number of nitrogens with one attached hydrogen (secondary N) is 1. The smallest absolute Gasteiger partial charge is 0.346 e. The number of hydrogen-bond donors (Lipinski definition) is 1. The summed E-state index contributed by atoms with van der Waals surface area (Å²) < 4.78 is 34.7. The molecule has 0 aliphatic rings. The molecule has 0 saturated carbocycles. The van der Waals surface area contributed by atoms with Crippen LogP contribution in [0.5, 0.6) is 0 Å². The summed E-state index contributed by atoms with van der Waals surface area (Å²) in [6.45, 7) is 0.299. The van der Waals surface area contributed by atoms with Gasteiger partial charge in [-0.1, -0.05) is 0 Å². The van der Waals surface area contributed by atoms with Crippen molar-refractivity contribution in [1.82, 2.24) is 5.32 Å². The number of amides is 1. The van der Waals surface area contributed by atoms with E-state index in [4.69, 9.17) is 0 Å². The topological polar surface area (TPSA) is 29.1 Å². The molecule has 0 aliphatic carbocycles. The summed E-state index contributed by atoms with van der Waals surface area (Å²) in [7, 11) is 0. The number of halogens is 3. The SMILES string of the molecule is CSC(C)C(=O)NCC(F)(F)F. The van der Waals surface area contributed by atoms with Crippen molar-refractivity contribution in [3.63, 3.8) is 0 Å². The standard InChI is InChI=1S/C6H10F3NOS/c1-4(12-2)5(11)10-3-6(7,8)9/h4H,3H2,1-2H3,(H,10,11). The van der Waals surface area contributed by atoms with Gasteiger partial charge < -0.3 is 5.32 Å². The minimum Gasteiger partial charge on any atom is -0.346 e. The lowest BCUT2D eigenvalue weighted by atomic mass is 10.4. The maximum atomic E-state index is 11.6. The molecule has 0 rings (SSSR count). The molecule has 1 amide bonds. The Morgan fingerprint density at radius 3 is 2.42 bits per heavy atom. The fraction of sp³-hybridized carbons (Fsp3) is 0.833. The third-order valence-corrected chi connectivity index (χ3v) is 2.11. The van der Waals surface area contributed by atoms with Crippen molar-refractivity contribution in [1.29, 1.82) is 0 Å². The normalized spacial score (nSPS) is 14.1. The molecule has 0 heterocycles. The van der Waals surface area contributed by atoms with Gasteiger partial charge in [0.15, 0.2) is 0 Å². The van der Waals surface area contributed by atoms with E-state index in [9.17, 15) is 18.0 Å². The number of alkyl halides is 3. The van der Waals surface area contributed by atoms with Crippen LogP contribution in [0.1, 0.15) is 6.92 Å². The molecular weight excluding hydrogens is 191 g/mol. The summed E-state index contributed by atoms with van der Waals surface area (Å²) in [4.78, 5) is 10.8. The molecule has 0 aromatic heterocycles. The Morgan fingerprint density at radius 1 is 1.58 bits per heavy atom. The maximum absolute atomic E-state index is 11.6. The molecule has 0 aromatic carbocycles. The highest BCUT2D eigenvalue weighted by Gasteiger charge is 2.28. The first-order chi connectivity index (χ1) is 5.37. The van der Waals surface area contributed by atoms with Crippen LogP contribution in [0.25, 0.3) is 0 Å². The van der Waals surface area contributed by atoms with Crippen LogP contribution >= 0.6 is 11.8 Å². The first-order valence-electron chi connectivity index (χ1n) is 3.24. The van der Waals surface area contributed by atoms with E-state index in [0.29, 0.717) is 0 Å². The summed E-state index contributed by atoms with van der Waals surface area (Å²) in [5.41, 5.74) is 0. The summed E-state index contributed by atoms with van der Waals surface area (Å²) in [5.74, 6) is -0.583. The van der Waals surface area contributed by atoms with Crippen molar-refractivity contribution in [3.05, 3.63) is 0 Å². The van der Waals surface area contributed by atoms with Gasteiger partial charge in [-0.25, -0.2) is 0 Å². The fourth-order valence-corrected chi connectivity index (χ4v) is 0.736. The summed E-state index contributed by atoms with van der Waals surface area (Å²) in [5, 5.41) is 1.35. The number of hydrogen-bond acceptors (Lipinski definition) is 2. The number of carbonyl (C=O) groups is 1. The van der Waals surface area contributed by atoms with Crippen molar-refractivity contribution < 1.29 is 18.0 Å².